The van der Waals surface area contributed by atoms with Crippen LogP contribution in [0.2, 0.25) is 0 Å². The molecular weight excluding hydrogens is 259 g/mol. The monoisotopic (exact) mass is 278 g/mol. The van der Waals surface area contributed by atoms with Crippen molar-refractivity contribution in [1.29, 1.82) is 0 Å². The molecule has 108 valence electrons. The minimum atomic E-state index is -0.908. The van der Waals surface area contributed by atoms with Gasteiger partial charge in [-0.3, -0.25) is 9.69 Å². The van der Waals surface area contributed by atoms with Crippen molar-refractivity contribution in [3.63, 3.8) is 0 Å². The fourth-order valence-corrected chi connectivity index (χ4v) is 2.85. The van der Waals surface area contributed by atoms with Gasteiger partial charge in [0.1, 0.15) is 12.4 Å². The van der Waals surface area contributed by atoms with Gasteiger partial charge in [0.25, 0.3) is 0 Å². The molecule has 1 saturated carbocycles. The van der Waals surface area contributed by atoms with E-state index < -0.39 is 5.97 Å². The zero-order chi connectivity index (χ0) is 14.1. The number of aliphatic carboxylic acids is 1. The highest BCUT2D eigenvalue weighted by Crippen LogP contribution is 2.33. The van der Waals surface area contributed by atoms with Crippen molar-refractivity contribution in [2.45, 2.75) is 25.8 Å². The number of carboxylic acids is 1. The summed E-state index contributed by atoms with van der Waals surface area (Å²) in [4.78, 5) is 13.0. The Morgan fingerprint density at radius 3 is 2.90 bits per heavy atom. The van der Waals surface area contributed by atoms with Crippen molar-refractivity contribution in [2.75, 3.05) is 25.0 Å². The third-order valence-corrected chi connectivity index (χ3v) is 4.08. The molecule has 0 saturated heterocycles. The molecule has 2 N–H and O–H groups in total. The molecule has 0 bridgehead atoms. The molecule has 4 nitrogen and oxygen atoms in total. The summed E-state index contributed by atoms with van der Waals surface area (Å²) < 4.78 is 14.0. The van der Waals surface area contributed by atoms with Gasteiger partial charge < -0.3 is 10.4 Å². The van der Waals surface area contributed by atoms with Gasteiger partial charge in [-0.1, -0.05) is 0 Å². The van der Waals surface area contributed by atoms with Gasteiger partial charge in [0, 0.05) is 30.9 Å². The number of fused-ring (bicyclic) bond motifs is 1. The van der Waals surface area contributed by atoms with E-state index in [2.05, 4.69) is 10.2 Å². The van der Waals surface area contributed by atoms with Gasteiger partial charge >= 0.3 is 5.97 Å². The highest BCUT2D eigenvalue weighted by atomic mass is 19.1. The number of hydrogen-bond donors (Lipinski definition) is 2. The maximum atomic E-state index is 14.0. The highest BCUT2D eigenvalue weighted by molar-refractivity contribution is 5.73. The first-order chi connectivity index (χ1) is 9.63. The highest BCUT2D eigenvalue weighted by Gasteiger charge is 2.28. The molecule has 1 aromatic rings. The summed E-state index contributed by atoms with van der Waals surface area (Å²) in [5.41, 5.74) is 2.43. The lowest BCUT2D eigenvalue weighted by molar-refractivity contribution is -0.134. The van der Waals surface area contributed by atoms with E-state index in [1.54, 1.807) is 6.07 Å². The van der Waals surface area contributed by atoms with Crippen LogP contribution in [0.25, 0.3) is 0 Å². The average molecular weight is 278 g/mol. The van der Waals surface area contributed by atoms with E-state index in [1.807, 2.05) is 0 Å². The second-order valence-electron chi connectivity index (χ2n) is 5.73. The Bertz CT molecular complexity index is 529. The predicted molar refractivity (Wildman–Crippen MR) is 74.2 cm³/mol. The van der Waals surface area contributed by atoms with Crippen molar-refractivity contribution in [3.05, 3.63) is 29.1 Å². The smallest absolute Gasteiger partial charge is 0.322 e. The molecule has 1 fully saturated rings. The zero-order valence-corrected chi connectivity index (χ0v) is 11.4. The van der Waals surface area contributed by atoms with Crippen LogP contribution in [0, 0.1) is 11.7 Å². The number of halogens is 1. The first kappa shape index (κ1) is 13.4. The van der Waals surface area contributed by atoms with Crippen molar-refractivity contribution in [2.24, 2.45) is 5.92 Å². The summed E-state index contributed by atoms with van der Waals surface area (Å²) in [6.07, 6.45) is 3.37. The molecule has 0 atom stereocenters. The second kappa shape index (κ2) is 5.40. The normalized spacial score (nSPS) is 18.6. The molecule has 0 spiro atoms. The fourth-order valence-electron chi connectivity index (χ4n) is 2.85. The summed E-state index contributed by atoms with van der Waals surface area (Å²) >= 11 is 0. The average Bonchev–Trinajstić information content (AvgIpc) is 3.22. The molecule has 1 aliphatic carbocycles. The minimum absolute atomic E-state index is 0.135. The number of benzene rings is 1. The van der Waals surface area contributed by atoms with Gasteiger partial charge in [-0.05, 0) is 42.9 Å². The second-order valence-corrected chi connectivity index (χ2v) is 5.73. The number of anilines is 1. The summed E-state index contributed by atoms with van der Waals surface area (Å²) in [6.45, 7) is 2.49. The van der Waals surface area contributed by atoms with Crippen LogP contribution in [0.15, 0.2) is 12.1 Å². The SMILES string of the molecule is O=C(O)CNc1ccc(F)c2c1CCN(CC1CC1)C2. The molecule has 2 aliphatic rings. The molecule has 0 amide bonds. The summed E-state index contributed by atoms with van der Waals surface area (Å²) in [5, 5.41) is 11.6. The van der Waals surface area contributed by atoms with Crippen molar-refractivity contribution in [3.8, 4) is 0 Å². The summed E-state index contributed by atoms with van der Waals surface area (Å²) in [5.74, 6) is -0.288. The largest absolute Gasteiger partial charge is 0.480 e. The Labute approximate surface area is 117 Å². The molecule has 0 aromatic heterocycles. The van der Waals surface area contributed by atoms with Crippen molar-refractivity contribution >= 4 is 11.7 Å². The van der Waals surface area contributed by atoms with E-state index in [-0.39, 0.29) is 12.4 Å². The fraction of sp³-hybridized carbons (Fsp3) is 0.533. The van der Waals surface area contributed by atoms with Crippen LogP contribution < -0.4 is 5.32 Å². The number of nitrogens with one attached hydrogen (secondary N) is 1. The molecule has 5 heteroatoms. The summed E-state index contributed by atoms with van der Waals surface area (Å²) in [7, 11) is 0. The number of carboxylic acid groups (broad SMARTS) is 1. The van der Waals surface area contributed by atoms with Crippen LogP contribution in [0.1, 0.15) is 24.0 Å². The molecule has 0 unspecified atom stereocenters. The van der Waals surface area contributed by atoms with Crippen LogP contribution in [0.4, 0.5) is 10.1 Å². The standard InChI is InChI=1S/C15H19FN2O2/c16-13-3-4-14(17-7-15(19)20)11-5-6-18(9-12(11)13)8-10-1-2-10/h3-4,10,17H,1-2,5-9H2,(H,19,20). The van der Waals surface area contributed by atoms with Crippen LogP contribution in [-0.4, -0.2) is 35.6 Å². The van der Waals surface area contributed by atoms with Gasteiger partial charge in [0.2, 0.25) is 0 Å². The van der Waals surface area contributed by atoms with E-state index >= 15 is 0 Å². The lowest BCUT2D eigenvalue weighted by Crippen LogP contribution is -2.33. The topological polar surface area (TPSA) is 52.6 Å². The van der Waals surface area contributed by atoms with Crippen molar-refractivity contribution < 1.29 is 14.3 Å². The van der Waals surface area contributed by atoms with Crippen LogP contribution >= 0.6 is 0 Å². The minimum Gasteiger partial charge on any atom is -0.480 e. The molecular formula is C15H19FN2O2. The lowest BCUT2D eigenvalue weighted by Gasteiger charge is -2.30. The van der Waals surface area contributed by atoms with Gasteiger partial charge in [0.15, 0.2) is 0 Å². The van der Waals surface area contributed by atoms with E-state index in [1.165, 1.54) is 18.9 Å². The number of carbonyl (C=O) groups is 1. The maximum Gasteiger partial charge on any atom is 0.322 e. The molecule has 0 radical (unpaired) electrons. The number of rotatable bonds is 5. The zero-order valence-electron chi connectivity index (χ0n) is 11.4. The first-order valence-electron chi connectivity index (χ1n) is 7.12. The summed E-state index contributed by atoms with van der Waals surface area (Å²) in [6, 6.07) is 3.08. The van der Waals surface area contributed by atoms with Gasteiger partial charge in [0.05, 0.1) is 0 Å². The molecule has 1 aliphatic heterocycles. The Balaban J connectivity index is 1.77. The first-order valence-corrected chi connectivity index (χ1v) is 7.12. The van der Waals surface area contributed by atoms with Gasteiger partial charge in [-0.2, -0.15) is 0 Å². The lowest BCUT2D eigenvalue weighted by atomic mass is 9.97. The van der Waals surface area contributed by atoms with Crippen LogP contribution in [0.3, 0.4) is 0 Å². The Kier molecular flexibility index (Phi) is 3.61. The number of hydrogen-bond acceptors (Lipinski definition) is 3. The Morgan fingerprint density at radius 1 is 1.40 bits per heavy atom. The predicted octanol–water partition coefficient (Wildman–Crippen LogP) is 2.09. The quantitative estimate of drug-likeness (QED) is 0.866. The van der Waals surface area contributed by atoms with E-state index in [0.717, 1.165) is 42.2 Å². The van der Waals surface area contributed by atoms with Gasteiger partial charge in [-0.15, -0.1) is 0 Å². The molecule has 3 rings (SSSR count). The number of nitrogens with zero attached hydrogens (tertiary/aromatic N) is 1. The third kappa shape index (κ3) is 2.93. The molecule has 1 aromatic carbocycles. The van der Waals surface area contributed by atoms with Crippen LogP contribution in [-0.2, 0) is 17.8 Å². The maximum absolute atomic E-state index is 14.0. The van der Waals surface area contributed by atoms with E-state index in [0.29, 0.717) is 6.54 Å². The Hall–Kier alpha value is -1.62. The van der Waals surface area contributed by atoms with Gasteiger partial charge in [-0.25, -0.2) is 4.39 Å². The van der Waals surface area contributed by atoms with E-state index in [4.69, 9.17) is 5.11 Å². The van der Waals surface area contributed by atoms with Crippen molar-refractivity contribution in [1.82, 2.24) is 4.90 Å². The Morgan fingerprint density at radius 2 is 2.20 bits per heavy atom. The molecule has 1 heterocycles. The van der Waals surface area contributed by atoms with Crippen LogP contribution in [0.5, 0.6) is 0 Å². The molecule has 20 heavy (non-hydrogen) atoms. The third-order valence-electron chi connectivity index (χ3n) is 4.08. The van der Waals surface area contributed by atoms with E-state index in [9.17, 15) is 9.18 Å².